The zero-order valence-electron chi connectivity index (χ0n) is 9.63. The van der Waals surface area contributed by atoms with Crippen LogP contribution in [-0.4, -0.2) is 11.4 Å². The monoisotopic (exact) mass is 243 g/mol. The van der Waals surface area contributed by atoms with Crippen LogP contribution in [0.5, 0.6) is 0 Å². The first kappa shape index (κ1) is 13.2. The average molecular weight is 243 g/mol. The second-order valence-corrected chi connectivity index (χ2v) is 4.26. The van der Waals surface area contributed by atoms with E-state index in [9.17, 15) is 13.6 Å². The number of alkyl halides is 2. The van der Waals surface area contributed by atoms with E-state index >= 15 is 0 Å². The topological polar surface area (TPSA) is 81.1 Å². The minimum atomic E-state index is -2.68. The molecule has 6 heteroatoms. The summed E-state index contributed by atoms with van der Waals surface area (Å²) in [4.78, 5) is 11.1. The lowest BCUT2D eigenvalue weighted by Gasteiger charge is -2.25. The number of amides is 1. The fourth-order valence-electron chi connectivity index (χ4n) is 1.27. The van der Waals surface area contributed by atoms with Crippen molar-refractivity contribution in [1.29, 1.82) is 0 Å². The smallest absolute Gasteiger partial charge is 0.265 e. The van der Waals surface area contributed by atoms with Gasteiger partial charge in [0.1, 0.15) is 5.54 Å². The number of nitrogen functional groups attached to an aromatic ring is 1. The van der Waals surface area contributed by atoms with E-state index in [1.165, 1.54) is 32.0 Å². The van der Waals surface area contributed by atoms with Crippen molar-refractivity contribution in [3.05, 3.63) is 23.8 Å². The average Bonchev–Trinajstić information content (AvgIpc) is 2.19. The highest BCUT2D eigenvalue weighted by Crippen LogP contribution is 2.30. The maximum atomic E-state index is 12.8. The van der Waals surface area contributed by atoms with Crippen LogP contribution in [0.4, 0.5) is 20.2 Å². The molecule has 0 spiro atoms. The van der Waals surface area contributed by atoms with Crippen molar-refractivity contribution in [3.63, 3.8) is 0 Å². The Hall–Kier alpha value is -1.85. The quantitative estimate of drug-likeness (QED) is 0.706. The van der Waals surface area contributed by atoms with Gasteiger partial charge in [-0.3, -0.25) is 4.79 Å². The lowest BCUT2D eigenvalue weighted by atomic mass is 10.0. The van der Waals surface area contributed by atoms with Gasteiger partial charge in [-0.15, -0.1) is 0 Å². The number of hydrogen-bond acceptors (Lipinski definition) is 3. The predicted octanol–water partition coefficient (Wildman–Crippen LogP) is 1.88. The Morgan fingerprint density at radius 1 is 1.41 bits per heavy atom. The second-order valence-electron chi connectivity index (χ2n) is 4.26. The van der Waals surface area contributed by atoms with Crippen LogP contribution in [-0.2, 0) is 4.79 Å². The molecule has 0 aliphatic heterocycles. The van der Waals surface area contributed by atoms with E-state index in [1.807, 2.05) is 0 Å². The molecule has 4 nitrogen and oxygen atoms in total. The first-order chi connectivity index (χ1) is 7.74. The van der Waals surface area contributed by atoms with Gasteiger partial charge >= 0.3 is 0 Å². The van der Waals surface area contributed by atoms with Gasteiger partial charge < -0.3 is 16.8 Å². The summed E-state index contributed by atoms with van der Waals surface area (Å²) in [6.45, 7) is 3.03. The molecular weight excluding hydrogens is 228 g/mol. The Bertz CT molecular complexity index is 433. The number of halogens is 2. The van der Waals surface area contributed by atoms with E-state index in [-0.39, 0.29) is 16.9 Å². The number of carbonyl (C=O) groups is 1. The molecule has 0 saturated heterocycles. The van der Waals surface area contributed by atoms with E-state index in [4.69, 9.17) is 11.5 Å². The van der Waals surface area contributed by atoms with Crippen LogP contribution in [0, 0.1) is 0 Å². The van der Waals surface area contributed by atoms with Gasteiger partial charge in [0.05, 0.1) is 0 Å². The molecule has 1 rings (SSSR count). The van der Waals surface area contributed by atoms with Crippen molar-refractivity contribution in [2.75, 3.05) is 11.1 Å². The number of hydrogen-bond donors (Lipinski definition) is 3. The molecule has 0 atom stereocenters. The SMILES string of the molecule is CC(C)(Nc1ccc(N)cc1C(F)F)C(N)=O. The first-order valence-corrected chi connectivity index (χ1v) is 4.99. The molecule has 17 heavy (non-hydrogen) atoms. The van der Waals surface area contributed by atoms with Gasteiger partial charge in [0.25, 0.3) is 6.43 Å². The minimum Gasteiger partial charge on any atom is -0.399 e. The highest BCUT2D eigenvalue weighted by atomic mass is 19.3. The lowest BCUT2D eigenvalue weighted by molar-refractivity contribution is -0.121. The molecule has 1 amide bonds. The van der Waals surface area contributed by atoms with Crippen LogP contribution in [0.25, 0.3) is 0 Å². The van der Waals surface area contributed by atoms with Gasteiger partial charge in [-0.25, -0.2) is 8.78 Å². The van der Waals surface area contributed by atoms with Crippen LogP contribution >= 0.6 is 0 Å². The molecule has 0 saturated carbocycles. The van der Waals surface area contributed by atoms with E-state index in [1.54, 1.807) is 0 Å². The van der Waals surface area contributed by atoms with E-state index in [0.29, 0.717) is 0 Å². The number of nitrogens with two attached hydrogens (primary N) is 2. The molecule has 0 aromatic heterocycles. The summed E-state index contributed by atoms with van der Waals surface area (Å²) in [5.74, 6) is -0.630. The normalized spacial score (nSPS) is 11.6. The maximum Gasteiger partial charge on any atom is 0.265 e. The van der Waals surface area contributed by atoms with Crippen molar-refractivity contribution in [2.24, 2.45) is 5.73 Å². The third-order valence-corrected chi connectivity index (χ3v) is 2.37. The molecule has 0 aliphatic rings. The summed E-state index contributed by atoms with van der Waals surface area (Å²) < 4.78 is 25.5. The molecule has 0 unspecified atom stereocenters. The van der Waals surface area contributed by atoms with Crippen molar-refractivity contribution >= 4 is 17.3 Å². The number of rotatable bonds is 4. The van der Waals surface area contributed by atoms with Gasteiger partial charge in [-0.1, -0.05) is 0 Å². The van der Waals surface area contributed by atoms with Crippen LogP contribution in [0.15, 0.2) is 18.2 Å². The molecule has 0 heterocycles. The molecule has 0 aliphatic carbocycles. The summed E-state index contributed by atoms with van der Waals surface area (Å²) in [5, 5.41) is 2.68. The standard InChI is InChI=1S/C11H15F2N3O/c1-11(2,10(15)17)16-8-4-3-6(14)5-7(8)9(12)13/h3-5,9,16H,14H2,1-2H3,(H2,15,17). The molecule has 1 aromatic carbocycles. The highest BCUT2D eigenvalue weighted by Gasteiger charge is 2.26. The number of primary amides is 1. The van der Waals surface area contributed by atoms with E-state index < -0.39 is 17.9 Å². The van der Waals surface area contributed by atoms with E-state index in [2.05, 4.69) is 5.32 Å². The summed E-state index contributed by atoms with van der Waals surface area (Å²) in [5.41, 5.74) is 9.62. The van der Waals surface area contributed by atoms with Crippen molar-refractivity contribution in [3.8, 4) is 0 Å². The molecule has 1 aromatic rings. The van der Waals surface area contributed by atoms with Crippen LogP contribution < -0.4 is 16.8 Å². The fourth-order valence-corrected chi connectivity index (χ4v) is 1.27. The molecule has 0 fully saturated rings. The number of anilines is 2. The van der Waals surface area contributed by atoms with Crippen LogP contribution in [0.1, 0.15) is 25.8 Å². The van der Waals surface area contributed by atoms with Crippen molar-refractivity contribution in [1.82, 2.24) is 0 Å². The predicted molar refractivity (Wildman–Crippen MR) is 62.7 cm³/mol. The van der Waals surface area contributed by atoms with Crippen LogP contribution in [0.2, 0.25) is 0 Å². The van der Waals surface area contributed by atoms with Gasteiger partial charge in [0.15, 0.2) is 0 Å². The summed E-state index contributed by atoms with van der Waals surface area (Å²) in [7, 11) is 0. The molecule has 5 N–H and O–H groups in total. The molecule has 94 valence electrons. The summed E-state index contributed by atoms with van der Waals surface area (Å²) in [6.07, 6.45) is -2.68. The zero-order valence-corrected chi connectivity index (χ0v) is 9.63. The Morgan fingerprint density at radius 2 is 2.00 bits per heavy atom. The fraction of sp³-hybridized carbons (Fsp3) is 0.364. The number of nitrogens with one attached hydrogen (secondary N) is 1. The molecule has 0 bridgehead atoms. The third kappa shape index (κ3) is 3.05. The maximum absolute atomic E-state index is 12.8. The Balaban J connectivity index is 3.10. The third-order valence-electron chi connectivity index (χ3n) is 2.37. The Kier molecular flexibility index (Phi) is 3.55. The molecule has 0 radical (unpaired) electrons. The summed E-state index contributed by atoms with van der Waals surface area (Å²) >= 11 is 0. The number of benzene rings is 1. The second kappa shape index (κ2) is 4.57. The van der Waals surface area contributed by atoms with Gasteiger partial charge in [0, 0.05) is 16.9 Å². The highest BCUT2D eigenvalue weighted by molar-refractivity contribution is 5.87. The lowest BCUT2D eigenvalue weighted by Crippen LogP contribution is -2.45. The Labute approximate surface area is 98.0 Å². The van der Waals surface area contributed by atoms with Crippen molar-refractivity contribution < 1.29 is 13.6 Å². The van der Waals surface area contributed by atoms with Gasteiger partial charge in [-0.2, -0.15) is 0 Å². The van der Waals surface area contributed by atoms with Crippen molar-refractivity contribution in [2.45, 2.75) is 25.8 Å². The zero-order chi connectivity index (χ0) is 13.2. The largest absolute Gasteiger partial charge is 0.399 e. The first-order valence-electron chi connectivity index (χ1n) is 4.99. The van der Waals surface area contributed by atoms with E-state index in [0.717, 1.165) is 0 Å². The summed E-state index contributed by atoms with van der Waals surface area (Å²) in [6, 6.07) is 4.05. The Morgan fingerprint density at radius 3 is 2.47 bits per heavy atom. The van der Waals surface area contributed by atoms with Gasteiger partial charge in [0.2, 0.25) is 5.91 Å². The number of carbonyl (C=O) groups excluding carboxylic acids is 1. The molecular formula is C11H15F2N3O. The minimum absolute atomic E-state index is 0.151. The van der Waals surface area contributed by atoms with Gasteiger partial charge in [-0.05, 0) is 32.0 Å². The van der Waals surface area contributed by atoms with Crippen LogP contribution in [0.3, 0.4) is 0 Å².